The molecule has 0 aromatic heterocycles. The van der Waals surface area contributed by atoms with Crippen LogP contribution in [0.15, 0.2) is 52.1 Å². The number of halogens is 1. The second-order valence-corrected chi connectivity index (χ2v) is 7.86. The van der Waals surface area contributed by atoms with Gasteiger partial charge in [0.2, 0.25) is 5.75 Å². The van der Waals surface area contributed by atoms with E-state index in [0.29, 0.717) is 38.8 Å². The fourth-order valence-electron chi connectivity index (χ4n) is 3.09. The summed E-state index contributed by atoms with van der Waals surface area (Å²) >= 11 is 7.28. The molecule has 11 heteroatoms. The lowest BCUT2D eigenvalue weighted by atomic mass is 10.1. The molecular weight excluding hydrogens is 468 g/mol. The highest BCUT2D eigenvalue weighted by atomic mass is 35.5. The number of carbonyl (C=O) groups is 1. The van der Waals surface area contributed by atoms with Crippen molar-refractivity contribution in [3.05, 3.63) is 52.6 Å². The Morgan fingerprint density at radius 1 is 1.09 bits per heavy atom. The third-order valence-corrected chi connectivity index (χ3v) is 5.60. The lowest BCUT2D eigenvalue weighted by molar-refractivity contribution is -0.114. The highest BCUT2D eigenvalue weighted by Gasteiger charge is 2.32. The van der Waals surface area contributed by atoms with Gasteiger partial charge < -0.3 is 18.9 Å². The number of para-hydroxylation sites is 1. The van der Waals surface area contributed by atoms with Crippen molar-refractivity contribution in [2.75, 3.05) is 27.4 Å². The topological polar surface area (TPSA) is 106 Å². The zero-order chi connectivity index (χ0) is 23.4. The van der Waals surface area contributed by atoms with Gasteiger partial charge >= 0.3 is 0 Å². The zero-order valence-electron chi connectivity index (χ0n) is 17.7. The number of amides is 1. The van der Waals surface area contributed by atoms with Crippen LogP contribution in [0, 0.1) is 5.41 Å². The maximum Gasteiger partial charge on any atom is 0.283 e. The van der Waals surface area contributed by atoms with Crippen LogP contribution in [0.25, 0.3) is 6.08 Å². The number of benzene rings is 2. The predicted octanol–water partition coefficient (Wildman–Crippen LogP) is 4.06. The summed E-state index contributed by atoms with van der Waals surface area (Å²) in [5.74, 6) is 1.17. The summed E-state index contributed by atoms with van der Waals surface area (Å²) in [7, 11) is 3.00. The first-order valence-electron chi connectivity index (χ1n) is 9.71. The van der Waals surface area contributed by atoms with Crippen LogP contribution in [0.5, 0.6) is 23.0 Å². The van der Waals surface area contributed by atoms with E-state index in [4.69, 9.17) is 36.0 Å². The summed E-state index contributed by atoms with van der Waals surface area (Å²) in [6, 6.07) is 10.5. The Balaban J connectivity index is 1.53. The average molecular weight is 487 g/mol. The number of carbonyl (C=O) groups excluding carboxylic acids is 1. The van der Waals surface area contributed by atoms with Gasteiger partial charge in [0.05, 0.1) is 30.4 Å². The summed E-state index contributed by atoms with van der Waals surface area (Å²) in [5, 5.41) is 14.5. The Kier molecular flexibility index (Phi) is 6.85. The van der Waals surface area contributed by atoms with Gasteiger partial charge in [-0.05, 0) is 47.7 Å². The molecule has 0 unspecified atom stereocenters. The Morgan fingerprint density at radius 3 is 2.48 bits per heavy atom. The molecule has 2 heterocycles. The van der Waals surface area contributed by atoms with E-state index in [2.05, 4.69) is 10.1 Å². The van der Waals surface area contributed by atoms with Gasteiger partial charge in [0.25, 0.3) is 5.91 Å². The van der Waals surface area contributed by atoms with Crippen molar-refractivity contribution in [2.45, 2.75) is 0 Å². The first kappa shape index (κ1) is 22.7. The summed E-state index contributed by atoms with van der Waals surface area (Å²) in [6.45, 7) is 0.464. The van der Waals surface area contributed by atoms with Crippen LogP contribution in [0.2, 0.25) is 5.02 Å². The van der Waals surface area contributed by atoms with Crippen LogP contribution in [-0.2, 0) is 4.79 Å². The van der Waals surface area contributed by atoms with E-state index < -0.39 is 5.91 Å². The van der Waals surface area contributed by atoms with E-state index >= 15 is 0 Å². The minimum atomic E-state index is -0.515. The van der Waals surface area contributed by atoms with E-state index in [1.165, 1.54) is 36.5 Å². The minimum Gasteiger partial charge on any atom is -0.493 e. The van der Waals surface area contributed by atoms with E-state index in [0.717, 1.165) is 0 Å². The third-order valence-electron chi connectivity index (χ3n) is 4.61. The molecule has 0 atom stereocenters. The third kappa shape index (κ3) is 4.81. The highest BCUT2D eigenvalue weighted by molar-refractivity contribution is 8.25. The van der Waals surface area contributed by atoms with Gasteiger partial charge in [-0.25, -0.2) is 0 Å². The monoisotopic (exact) mass is 486 g/mol. The van der Waals surface area contributed by atoms with Crippen LogP contribution >= 0.6 is 23.4 Å². The number of methoxy groups -OCH3 is 2. The van der Waals surface area contributed by atoms with Crippen LogP contribution in [-0.4, -0.2) is 54.9 Å². The molecule has 170 valence electrons. The van der Waals surface area contributed by atoms with Crippen molar-refractivity contribution in [3.8, 4) is 23.0 Å². The molecule has 33 heavy (non-hydrogen) atoms. The molecule has 0 saturated carbocycles. The van der Waals surface area contributed by atoms with Crippen molar-refractivity contribution < 1.29 is 23.7 Å². The lowest BCUT2D eigenvalue weighted by Gasteiger charge is -2.20. The van der Waals surface area contributed by atoms with Gasteiger partial charge in [0, 0.05) is 0 Å². The van der Waals surface area contributed by atoms with Crippen molar-refractivity contribution in [1.82, 2.24) is 5.01 Å². The Bertz CT molecular complexity index is 1170. The number of hydrazone groups is 1. The number of thioether (sulfide) groups is 1. The number of ether oxygens (including phenoxy) is 4. The second-order valence-electron chi connectivity index (χ2n) is 6.64. The molecule has 0 radical (unpaired) electrons. The molecule has 2 aromatic carbocycles. The molecule has 0 bridgehead atoms. The Hall–Kier alpha value is -3.50. The van der Waals surface area contributed by atoms with Gasteiger partial charge in [0.15, 0.2) is 22.5 Å². The van der Waals surface area contributed by atoms with E-state index in [-0.39, 0.29) is 24.6 Å². The Labute approximate surface area is 199 Å². The van der Waals surface area contributed by atoms with Gasteiger partial charge in [-0.1, -0.05) is 23.7 Å². The largest absolute Gasteiger partial charge is 0.493 e. The summed E-state index contributed by atoms with van der Waals surface area (Å²) in [6.07, 6.45) is 1.54. The molecule has 0 fully saturated rings. The van der Waals surface area contributed by atoms with Gasteiger partial charge in [0.1, 0.15) is 19.0 Å². The molecular formula is C22H19ClN4O5S. The first-order chi connectivity index (χ1) is 16.0. The molecule has 9 nitrogen and oxygen atoms in total. The second kappa shape index (κ2) is 9.97. The average Bonchev–Trinajstić information content (AvgIpc) is 3.29. The molecule has 1 amide bonds. The summed E-state index contributed by atoms with van der Waals surface area (Å²) in [5.41, 5.74) is 2.20. The number of hydrogen-bond acceptors (Lipinski definition) is 8. The van der Waals surface area contributed by atoms with E-state index in [1.807, 2.05) is 12.1 Å². The lowest BCUT2D eigenvalue weighted by Crippen LogP contribution is -2.35. The quantitative estimate of drug-likeness (QED) is 0.443. The number of aliphatic imine (C=N–C) groups is 1. The minimum absolute atomic E-state index is 0.0544. The summed E-state index contributed by atoms with van der Waals surface area (Å²) < 4.78 is 22.5. The normalized spacial score (nSPS) is 16.0. The van der Waals surface area contributed by atoms with Crippen molar-refractivity contribution in [1.29, 1.82) is 5.41 Å². The predicted molar refractivity (Wildman–Crippen MR) is 128 cm³/mol. The number of nitrogens with one attached hydrogen (secondary N) is 1. The number of nitrogens with zero attached hydrogens (tertiary/aromatic N) is 3. The number of amidine groups is 2. The number of fused-ring (bicyclic) bond motifs is 1. The molecule has 4 rings (SSSR count). The summed E-state index contributed by atoms with van der Waals surface area (Å²) in [4.78, 5) is 16.4. The zero-order valence-corrected chi connectivity index (χ0v) is 19.3. The number of hydrogen-bond donors (Lipinski definition) is 1. The van der Waals surface area contributed by atoms with Crippen LogP contribution in [0.4, 0.5) is 0 Å². The number of rotatable bonds is 8. The van der Waals surface area contributed by atoms with Gasteiger partial charge in [-0.2, -0.15) is 15.1 Å². The fourth-order valence-corrected chi connectivity index (χ4v) is 3.89. The smallest absolute Gasteiger partial charge is 0.283 e. The molecule has 2 aliphatic rings. The van der Waals surface area contributed by atoms with E-state index in [9.17, 15) is 4.79 Å². The van der Waals surface area contributed by atoms with Crippen molar-refractivity contribution >= 4 is 51.9 Å². The van der Waals surface area contributed by atoms with Crippen LogP contribution < -0.4 is 18.9 Å². The SMILES string of the molecule is COc1cc(/C=C2/C(=N)N3N=CSC3=NC2=O)cc(OC)c1OCCOc1ccccc1Cl. The van der Waals surface area contributed by atoms with Crippen molar-refractivity contribution in [3.63, 3.8) is 0 Å². The molecule has 2 aromatic rings. The molecule has 0 saturated heterocycles. The highest BCUT2D eigenvalue weighted by Crippen LogP contribution is 2.39. The fraction of sp³-hybridized carbons (Fsp3) is 0.182. The standard InChI is InChI=1S/C22H19ClN4O5S/c1-29-17-10-13(9-14-20(24)27-22(26-21(14)28)33-12-25-27)11-18(30-2)19(17)32-8-7-31-16-6-4-3-5-15(16)23/h3-6,9-12,24H,7-8H2,1-2H3/b14-9-,24-20?. The maximum atomic E-state index is 12.4. The molecule has 2 aliphatic heterocycles. The molecule has 1 N–H and O–H groups in total. The molecule has 0 aliphatic carbocycles. The first-order valence-corrected chi connectivity index (χ1v) is 11.0. The van der Waals surface area contributed by atoms with Crippen molar-refractivity contribution in [2.24, 2.45) is 10.1 Å². The molecule has 0 spiro atoms. The van der Waals surface area contributed by atoms with E-state index in [1.54, 1.807) is 30.3 Å². The Morgan fingerprint density at radius 2 is 1.79 bits per heavy atom. The maximum absolute atomic E-state index is 12.4. The van der Waals surface area contributed by atoms with Gasteiger partial charge in [-0.15, -0.1) is 0 Å². The van der Waals surface area contributed by atoms with Gasteiger partial charge in [-0.3, -0.25) is 10.2 Å². The van der Waals surface area contributed by atoms with Crippen LogP contribution in [0.3, 0.4) is 0 Å². The van der Waals surface area contributed by atoms with Crippen LogP contribution in [0.1, 0.15) is 5.56 Å².